The lowest BCUT2D eigenvalue weighted by Gasteiger charge is -2.10. The highest BCUT2D eigenvalue weighted by molar-refractivity contribution is 6.03. The zero-order valence-electron chi connectivity index (χ0n) is 10.1. The predicted octanol–water partition coefficient (Wildman–Crippen LogP) is 0.238. The van der Waals surface area contributed by atoms with Crippen LogP contribution < -0.4 is 11.2 Å². The number of aromatic nitrogens is 2. The molecule has 1 aromatic rings. The SMILES string of the molecule is CCCCn1c(C(=O)O)c(C(C)=O)c(=O)[nH]c1=O. The molecule has 0 aliphatic rings. The van der Waals surface area contributed by atoms with Crippen LogP contribution in [-0.2, 0) is 6.54 Å². The number of H-pyrrole nitrogens is 1. The Morgan fingerprint density at radius 3 is 2.39 bits per heavy atom. The molecule has 1 rings (SSSR count). The van der Waals surface area contributed by atoms with Gasteiger partial charge in [0.15, 0.2) is 5.78 Å². The summed E-state index contributed by atoms with van der Waals surface area (Å²) in [5.74, 6) is -2.14. The number of carbonyl (C=O) groups is 2. The molecule has 0 atom stereocenters. The number of carboxylic acids is 1. The van der Waals surface area contributed by atoms with Crippen LogP contribution in [0.1, 0.15) is 47.5 Å². The minimum absolute atomic E-state index is 0.147. The molecule has 18 heavy (non-hydrogen) atoms. The van der Waals surface area contributed by atoms with E-state index in [1.54, 1.807) is 0 Å². The van der Waals surface area contributed by atoms with Gasteiger partial charge in [-0.15, -0.1) is 0 Å². The standard InChI is InChI=1S/C11H14N2O5/c1-3-4-5-13-8(10(16)17)7(6(2)14)9(15)12-11(13)18/h3-5H2,1-2H3,(H,16,17)(H,12,15,18). The maximum Gasteiger partial charge on any atom is 0.353 e. The van der Waals surface area contributed by atoms with E-state index in [1.807, 2.05) is 11.9 Å². The summed E-state index contributed by atoms with van der Waals surface area (Å²) in [5, 5.41) is 9.08. The van der Waals surface area contributed by atoms with E-state index >= 15 is 0 Å². The van der Waals surface area contributed by atoms with Crippen molar-refractivity contribution in [2.45, 2.75) is 33.2 Å². The second kappa shape index (κ2) is 5.44. The zero-order chi connectivity index (χ0) is 13.9. The molecule has 7 heteroatoms. The van der Waals surface area contributed by atoms with Crippen LogP contribution in [0.25, 0.3) is 0 Å². The molecule has 0 radical (unpaired) electrons. The molecule has 0 amide bonds. The summed E-state index contributed by atoms with van der Waals surface area (Å²) in [6.45, 7) is 3.11. The zero-order valence-corrected chi connectivity index (χ0v) is 10.1. The number of hydrogen-bond acceptors (Lipinski definition) is 4. The second-order valence-electron chi connectivity index (χ2n) is 3.85. The molecular weight excluding hydrogens is 240 g/mol. The van der Waals surface area contributed by atoms with E-state index in [-0.39, 0.29) is 6.54 Å². The maximum absolute atomic E-state index is 11.6. The number of ketones is 1. The van der Waals surface area contributed by atoms with Crippen molar-refractivity contribution in [3.05, 3.63) is 32.1 Å². The van der Waals surface area contributed by atoms with Crippen LogP contribution in [0.2, 0.25) is 0 Å². The molecule has 0 aliphatic heterocycles. The van der Waals surface area contributed by atoms with Crippen molar-refractivity contribution in [1.29, 1.82) is 0 Å². The molecule has 7 nitrogen and oxygen atoms in total. The number of rotatable bonds is 5. The summed E-state index contributed by atoms with van der Waals surface area (Å²) in [5.41, 5.74) is -2.79. The van der Waals surface area contributed by atoms with Gasteiger partial charge >= 0.3 is 11.7 Å². The van der Waals surface area contributed by atoms with Crippen molar-refractivity contribution in [1.82, 2.24) is 9.55 Å². The number of hydrogen-bond donors (Lipinski definition) is 2. The third kappa shape index (κ3) is 2.55. The molecular formula is C11H14N2O5. The smallest absolute Gasteiger partial charge is 0.353 e. The summed E-state index contributed by atoms with van der Waals surface area (Å²) in [6.07, 6.45) is 1.32. The van der Waals surface area contributed by atoms with Crippen LogP contribution in [0.5, 0.6) is 0 Å². The van der Waals surface area contributed by atoms with E-state index in [0.29, 0.717) is 6.42 Å². The van der Waals surface area contributed by atoms with Gasteiger partial charge in [-0.3, -0.25) is 19.1 Å². The van der Waals surface area contributed by atoms with Crippen LogP contribution in [-0.4, -0.2) is 26.4 Å². The van der Waals surface area contributed by atoms with Crippen LogP contribution in [0, 0.1) is 0 Å². The predicted molar refractivity (Wildman–Crippen MR) is 63.2 cm³/mol. The van der Waals surface area contributed by atoms with Gasteiger partial charge in [0, 0.05) is 6.54 Å². The molecule has 0 fully saturated rings. The number of aromatic amines is 1. The van der Waals surface area contributed by atoms with Crippen molar-refractivity contribution < 1.29 is 14.7 Å². The number of carbonyl (C=O) groups excluding carboxylic acids is 1. The van der Waals surface area contributed by atoms with E-state index in [9.17, 15) is 19.2 Å². The lowest BCUT2D eigenvalue weighted by Crippen LogP contribution is -2.38. The topological polar surface area (TPSA) is 109 Å². The summed E-state index contributed by atoms with van der Waals surface area (Å²) in [7, 11) is 0. The van der Waals surface area contributed by atoms with Gasteiger partial charge in [-0.05, 0) is 13.3 Å². The molecule has 0 unspecified atom stereocenters. The Balaban J connectivity index is 3.64. The number of unbranched alkanes of at least 4 members (excludes halogenated alkanes) is 1. The summed E-state index contributed by atoms with van der Waals surface area (Å²) < 4.78 is 0.921. The Labute approximate surface area is 102 Å². The van der Waals surface area contributed by atoms with E-state index in [1.165, 1.54) is 0 Å². The maximum atomic E-state index is 11.6. The van der Waals surface area contributed by atoms with Gasteiger partial charge in [0.2, 0.25) is 0 Å². The molecule has 0 bridgehead atoms. The van der Waals surface area contributed by atoms with Crippen molar-refractivity contribution >= 4 is 11.8 Å². The molecule has 2 N–H and O–H groups in total. The second-order valence-corrected chi connectivity index (χ2v) is 3.85. The fourth-order valence-electron chi connectivity index (χ4n) is 1.65. The lowest BCUT2D eigenvalue weighted by atomic mass is 10.1. The minimum atomic E-state index is -1.46. The molecule has 0 saturated carbocycles. The van der Waals surface area contributed by atoms with Crippen LogP contribution >= 0.6 is 0 Å². The van der Waals surface area contributed by atoms with Gasteiger partial charge in [-0.25, -0.2) is 9.59 Å². The summed E-state index contributed by atoms with van der Waals surface area (Å²) in [4.78, 5) is 47.5. The highest BCUT2D eigenvalue weighted by Crippen LogP contribution is 2.04. The van der Waals surface area contributed by atoms with Crippen molar-refractivity contribution in [2.75, 3.05) is 0 Å². The first-order valence-corrected chi connectivity index (χ1v) is 5.51. The average Bonchev–Trinajstić information content (AvgIpc) is 2.26. The Morgan fingerprint density at radius 2 is 1.94 bits per heavy atom. The Morgan fingerprint density at radius 1 is 1.33 bits per heavy atom. The average molecular weight is 254 g/mol. The lowest BCUT2D eigenvalue weighted by molar-refractivity contribution is 0.0677. The largest absolute Gasteiger partial charge is 0.477 e. The number of nitrogens with one attached hydrogen (secondary N) is 1. The van der Waals surface area contributed by atoms with Gasteiger partial charge < -0.3 is 5.11 Å². The van der Waals surface area contributed by atoms with Crippen LogP contribution in [0.3, 0.4) is 0 Å². The Bertz CT molecular complexity index is 596. The van der Waals surface area contributed by atoms with Gasteiger partial charge in [0.05, 0.1) is 0 Å². The molecule has 1 heterocycles. The molecule has 0 aliphatic carbocycles. The third-order valence-corrected chi connectivity index (χ3v) is 2.49. The quantitative estimate of drug-likeness (QED) is 0.731. The van der Waals surface area contributed by atoms with E-state index in [4.69, 9.17) is 5.11 Å². The highest BCUT2D eigenvalue weighted by Gasteiger charge is 2.23. The minimum Gasteiger partial charge on any atom is -0.477 e. The number of carboxylic acid groups (broad SMARTS) is 1. The van der Waals surface area contributed by atoms with Crippen LogP contribution in [0.15, 0.2) is 9.59 Å². The Kier molecular flexibility index (Phi) is 4.19. The fraction of sp³-hybridized carbons (Fsp3) is 0.455. The molecule has 98 valence electrons. The van der Waals surface area contributed by atoms with Crippen LogP contribution in [0.4, 0.5) is 0 Å². The molecule has 0 saturated heterocycles. The van der Waals surface area contributed by atoms with Gasteiger partial charge in [0.25, 0.3) is 5.56 Å². The number of nitrogens with zero attached hydrogens (tertiary/aromatic N) is 1. The van der Waals surface area contributed by atoms with E-state index in [0.717, 1.165) is 17.9 Å². The van der Waals surface area contributed by atoms with Crippen molar-refractivity contribution in [3.63, 3.8) is 0 Å². The summed E-state index contributed by atoms with van der Waals surface area (Å²) in [6, 6.07) is 0. The third-order valence-electron chi connectivity index (χ3n) is 2.49. The van der Waals surface area contributed by atoms with Gasteiger partial charge in [0.1, 0.15) is 11.3 Å². The van der Waals surface area contributed by atoms with Crippen molar-refractivity contribution in [2.24, 2.45) is 0 Å². The normalized spacial score (nSPS) is 10.3. The van der Waals surface area contributed by atoms with Gasteiger partial charge in [-0.1, -0.05) is 13.3 Å². The monoisotopic (exact) mass is 254 g/mol. The highest BCUT2D eigenvalue weighted by atomic mass is 16.4. The fourth-order valence-corrected chi connectivity index (χ4v) is 1.65. The van der Waals surface area contributed by atoms with E-state index < -0.39 is 34.3 Å². The first-order valence-electron chi connectivity index (χ1n) is 5.51. The van der Waals surface area contributed by atoms with E-state index in [2.05, 4.69) is 0 Å². The van der Waals surface area contributed by atoms with Crippen molar-refractivity contribution in [3.8, 4) is 0 Å². The first kappa shape index (κ1) is 13.9. The Hall–Kier alpha value is -2.18. The molecule has 1 aromatic heterocycles. The first-order chi connectivity index (χ1) is 8.40. The molecule has 0 aromatic carbocycles. The number of Topliss-reactive ketones (excluding diaryl/α,β-unsaturated/α-hetero) is 1. The van der Waals surface area contributed by atoms with Gasteiger partial charge in [-0.2, -0.15) is 0 Å². The number of aromatic carboxylic acids is 1. The molecule has 0 spiro atoms. The summed E-state index contributed by atoms with van der Waals surface area (Å²) >= 11 is 0.